The van der Waals surface area contributed by atoms with Crippen molar-refractivity contribution >= 4 is 34.4 Å². The summed E-state index contributed by atoms with van der Waals surface area (Å²) in [7, 11) is 0. The number of aromatic nitrogens is 1. The van der Waals surface area contributed by atoms with Gasteiger partial charge in [0.1, 0.15) is 6.04 Å². The van der Waals surface area contributed by atoms with Gasteiger partial charge in [0.15, 0.2) is 5.13 Å². The maximum atomic E-state index is 11.6. The fourth-order valence-corrected chi connectivity index (χ4v) is 2.37. The van der Waals surface area contributed by atoms with Crippen molar-refractivity contribution < 1.29 is 24.6 Å². The third-order valence-electron chi connectivity index (χ3n) is 2.43. The van der Waals surface area contributed by atoms with Crippen LogP contribution in [0.2, 0.25) is 0 Å². The highest BCUT2D eigenvalue weighted by molar-refractivity contribution is 7.15. The molecule has 0 aliphatic heterocycles. The van der Waals surface area contributed by atoms with Gasteiger partial charge in [-0.2, -0.15) is 0 Å². The van der Waals surface area contributed by atoms with Crippen molar-refractivity contribution in [2.24, 2.45) is 0 Å². The van der Waals surface area contributed by atoms with Crippen LogP contribution < -0.4 is 10.6 Å². The van der Waals surface area contributed by atoms with E-state index in [0.29, 0.717) is 5.13 Å². The van der Waals surface area contributed by atoms with Gasteiger partial charge in [-0.15, -0.1) is 11.3 Å². The molecule has 0 aliphatic carbocycles. The van der Waals surface area contributed by atoms with Crippen LogP contribution in [-0.2, 0) is 16.0 Å². The van der Waals surface area contributed by atoms with Crippen LogP contribution in [-0.4, -0.2) is 39.2 Å². The van der Waals surface area contributed by atoms with Crippen LogP contribution in [0.1, 0.15) is 23.9 Å². The maximum absolute atomic E-state index is 11.6. The van der Waals surface area contributed by atoms with E-state index in [1.54, 1.807) is 0 Å². The molecule has 1 aromatic rings. The van der Waals surface area contributed by atoms with Gasteiger partial charge in [0, 0.05) is 4.88 Å². The summed E-state index contributed by atoms with van der Waals surface area (Å²) >= 11 is 1.27. The first kappa shape index (κ1) is 15.9. The summed E-state index contributed by atoms with van der Waals surface area (Å²) in [6, 6.07) is -2.28. The van der Waals surface area contributed by atoms with Gasteiger partial charge in [-0.1, -0.05) is 6.92 Å². The van der Waals surface area contributed by atoms with Crippen molar-refractivity contribution in [1.82, 2.24) is 10.3 Å². The molecule has 0 spiro atoms. The van der Waals surface area contributed by atoms with Gasteiger partial charge in [0.2, 0.25) is 0 Å². The molecule has 1 heterocycles. The van der Waals surface area contributed by atoms with E-state index in [0.717, 1.165) is 17.0 Å². The summed E-state index contributed by atoms with van der Waals surface area (Å²) in [6.07, 6.45) is 0.0300. The SMILES string of the molecule is CCc1nc(NC(=O)N[C@@H](CC(=O)O)C(=O)O)sc1C. The Kier molecular flexibility index (Phi) is 5.44. The number of nitrogens with one attached hydrogen (secondary N) is 2. The number of anilines is 1. The number of carbonyl (C=O) groups is 3. The summed E-state index contributed by atoms with van der Waals surface area (Å²) in [5.74, 6) is -2.72. The third kappa shape index (κ3) is 4.50. The molecule has 0 bridgehead atoms. The van der Waals surface area contributed by atoms with E-state index in [4.69, 9.17) is 10.2 Å². The normalized spacial score (nSPS) is 11.7. The maximum Gasteiger partial charge on any atom is 0.326 e. The van der Waals surface area contributed by atoms with Crippen molar-refractivity contribution in [3.63, 3.8) is 0 Å². The van der Waals surface area contributed by atoms with Gasteiger partial charge in [0.05, 0.1) is 12.1 Å². The number of carboxylic acid groups (broad SMARTS) is 2. The molecule has 110 valence electrons. The Bertz CT molecular complexity index is 528. The number of hydrogen-bond acceptors (Lipinski definition) is 5. The molecule has 0 aliphatic rings. The predicted octanol–water partition coefficient (Wildman–Crippen LogP) is 1.06. The van der Waals surface area contributed by atoms with Crippen LogP contribution >= 0.6 is 11.3 Å². The summed E-state index contributed by atoms with van der Waals surface area (Å²) in [4.78, 5) is 38.0. The van der Waals surface area contributed by atoms with E-state index in [2.05, 4.69) is 15.6 Å². The van der Waals surface area contributed by atoms with E-state index >= 15 is 0 Å². The zero-order valence-corrected chi connectivity index (χ0v) is 11.8. The van der Waals surface area contributed by atoms with Gasteiger partial charge in [0.25, 0.3) is 0 Å². The molecular formula is C11H15N3O5S. The molecule has 8 nitrogen and oxygen atoms in total. The molecular weight excluding hydrogens is 286 g/mol. The summed E-state index contributed by atoms with van der Waals surface area (Å²) in [6.45, 7) is 3.79. The summed E-state index contributed by atoms with van der Waals surface area (Å²) < 4.78 is 0. The number of carboxylic acids is 2. The third-order valence-corrected chi connectivity index (χ3v) is 3.36. The van der Waals surface area contributed by atoms with Crippen LogP contribution in [0, 0.1) is 6.92 Å². The number of carbonyl (C=O) groups excluding carboxylic acids is 1. The van der Waals surface area contributed by atoms with Crippen molar-refractivity contribution in [2.45, 2.75) is 32.7 Å². The van der Waals surface area contributed by atoms with Crippen molar-refractivity contribution in [3.05, 3.63) is 10.6 Å². The van der Waals surface area contributed by atoms with Crippen LogP contribution in [0.5, 0.6) is 0 Å². The van der Waals surface area contributed by atoms with E-state index in [1.807, 2.05) is 13.8 Å². The Labute approximate surface area is 118 Å². The minimum absolute atomic E-state index is 0.344. The number of amides is 2. The molecule has 1 aromatic heterocycles. The van der Waals surface area contributed by atoms with Gasteiger partial charge < -0.3 is 15.5 Å². The van der Waals surface area contributed by atoms with Crippen LogP contribution in [0.4, 0.5) is 9.93 Å². The number of nitrogens with zero attached hydrogens (tertiary/aromatic N) is 1. The zero-order valence-electron chi connectivity index (χ0n) is 11.0. The van der Waals surface area contributed by atoms with Crippen molar-refractivity contribution in [2.75, 3.05) is 5.32 Å². The first-order chi connectivity index (χ1) is 9.33. The lowest BCUT2D eigenvalue weighted by Gasteiger charge is -2.12. The van der Waals surface area contributed by atoms with E-state index in [9.17, 15) is 14.4 Å². The van der Waals surface area contributed by atoms with Gasteiger partial charge >= 0.3 is 18.0 Å². The number of aliphatic carboxylic acids is 2. The number of hydrogen-bond donors (Lipinski definition) is 4. The standard InChI is InChI=1S/C11H15N3O5S/c1-3-6-5(2)20-11(13-6)14-10(19)12-7(9(17)18)4-8(15)16/h7H,3-4H2,1-2H3,(H,15,16)(H,17,18)(H2,12,13,14,19)/t7-/m0/s1. The van der Waals surface area contributed by atoms with Crippen LogP contribution in [0.25, 0.3) is 0 Å². The first-order valence-corrected chi connectivity index (χ1v) is 6.63. The lowest BCUT2D eigenvalue weighted by molar-refractivity contribution is -0.145. The molecule has 9 heteroatoms. The Morgan fingerprint density at radius 3 is 2.45 bits per heavy atom. The highest BCUT2D eigenvalue weighted by Gasteiger charge is 2.23. The number of aryl methyl sites for hydroxylation is 2. The molecule has 1 rings (SSSR count). The van der Waals surface area contributed by atoms with Crippen LogP contribution in [0.15, 0.2) is 0 Å². The number of rotatable bonds is 6. The van der Waals surface area contributed by atoms with Crippen molar-refractivity contribution in [3.8, 4) is 0 Å². The molecule has 0 unspecified atom stereocenters. The minimum atomic E-state index is -1.49. The Morgan fingerprint density at radius 2 is 2.00 bits per heavy atom. The molecule has 2 amide bonds. The largest absolute Gasteiger partial charge is 0.481 e. The molecule has 0 saturated heterocycles. The van der Waals surface area contributed by atoms with Crippen LogP contribution in [0.3, 0.4) is 0 Å². The average Bonchev–Trinajstić information content (AvgIpc) is 2.67. The lowest BCUT2D eigenvalue weighted by atomic mass is 10.2. The molecule has 4 N–H and O–H groups in total. The molecule has 0 aromatic carbocycles. The highest BCUT2D eigenvalue weighted by Crippen LogP contribution is 2.22. The summed E-state index contributed by atoms with van der Waals surface area (Å²) in [5, 5.41) is 22.2. The zero-order chi connectivity index (χ0) is 15.3. The monoisotopic (exact) mass is 301 g/mol. The topological polar surface area (TPSA) is 129 Å². The Hall–Kier alpha value is -2.16. The molecule has 1 atom stereocenters. The Balaban J connectivity index is 2.65. The van der Waals surface area contributed by atoms with Gasteiger partial charge in [-0.05, 0) is 13.3 Å². The van der Waals surface area contributed by atoms with E-state index < -0.39 is 30.4 Å². The average molecular weight is 301 g/mol. The van der Waals surface area contributed by atoms with Crippen molar-refractivity contribution in [1.29, 1.82) is 0 Å². The van der Waals surface area contributed by atoms with E-state index in [-0.39, 0.29) is 0 Å². The fourth-order valence-electron chi connectivity index (χ4n) is 1.48. The smallest absolute Gasteiger partial charge is 0.326 e. The van der Waals surface area contributed by atoms with Gasteiger partial charge in [-0.3, -0.25) is 10.1 Å². The van der Waals surface area contributed by atoms with Gasteiger partial charge in [-0.25, -0.2) is 14.6 Å². The second-order valence-electron chi connectivity index (χ2n) is 3.96. The first-order valence-electron chi connectivity index (χ1n) is 5.81. The number of thiazole rings is 1. The summed E-state index contributed by atoms with van der Waals surface area (Å²) in [5.41, 5.74) is 0.852. The fraction of sp³-hybridized carbons (Fsp3) is 0.455. The predicted molar refractivity (Wildman–Crippen MR) is 72.1 cm³/mol. The molecule has 0 fully saturated rings. The van der Waals surface area contributed by atoms with E-state index in [1.165, 1.54) is 11.3 Å². The second-order valence-corrected chi connectivity index (χ2v) is 5.17. The molecule has 20 heavy (non-hydrogen) atoms. The highest BCUT2D eigenvalue weighted by atomic mass is 32.1. The minimum Gasteiger partial charge on any atom is -0.481 e. The Morgan fingerprint density at radius 1 is 1.35 bits per heavy atom. The second kappa shape index (κ2) is 6.85. The lowest BCUT2D eigenvalue weighted by Crippen LogP contribution is -2.44. The quantitative estimate of drug-likeness (QED) is 0.622. The number of urea groups is 1. The molecule has 0 saturated carbocycles. The molecule has 0 radical (unpaired) electrons.